The molecule has 9 heteroatoms. The van der Waals surface area contributed by atoms with E-state index in [1.165, 1.54) is 6.08 Å². The van der Waals surface area contributed by atoms with Crippen LogP contribution in [-0.2, 0) is 14.3 Å². The Morgan fingerprint density at radius 1 is 1.26 bits per heavy atom. The Morgan fingerprint density at radius 2 is 2.04 bits per heavy atom. The Bertz CT molecular complexity index is 953. The van der Waals surface area contributed by atoms with E-state index in [0.717, 1.165) is 16.7 Å². The van der Waals surface area contributed by atoms with Crippen molar-refractivity contribution in [1.29, 1.82) is 0 Å². The molecule has 0 N–H and O–H groups in total. The fourth-order valence-electron chi connectivity index (χ4n) is 2.36. The Balaban J connectivity index is 1.81. The fraction of sp³-hybridized carbons (Fsp3) is 0.167. The second kappa shape index (κ2) is 8.21. The number of carbonyl (C=O) groups excluding carboxylic acids is 3. The first-order chi connectivity index (χ1) is 12.9. The molecule has 2 amide bonds. The topological polar surface area (TPSA) is 76.8 Å². The lowest BCUT2D eigenvalue weighted by molar-refractivity contribution is -0.145. The molecule has 0 aliphatic carbocycles. The number of hydrogen-bond acceptors (Lipinski definition) is 6. The summed E-state index contributed by atoms with van der Waals surface area (Å²) < 4.78 is 10.5. The number of nitrogens with zero attached hydrogens (tertiary/aromatic N) is 1. The van der Waals surface area contributed by atoms with Crippen molar-refractivity contribution in [2.45, 2.75) is 6.92 Å². The molecule has 140 valence electrons. The number of carbonyl (C=O) groups is 3. The van der Waals surface area contributed by atoms with Crippen LogP contribution < -0.4 is 0 Å². The van der Waals surface area contributed by atoms with Crippen molar-refractivity contribution in [3.8, 4) is 11.3 Å². The lowest BCUT2D eigenvalue weighted by atomic mass is 10.2. The summed E-state index contributed by atoms with van der Waals surface area (Å²) in [5, 5.41) is 0.437. The summed E-state index contributed by atoms with van der Waals surface area (Å²) in [6.45, 7) is 1.40. The Kier molecular flexibility index (Phi) is 5.94. The van der Waals surface area contributed by atoms with Crippen LogP contribution in [0.25, 0.3) is 17.4 Å². The molecule has 3 rings (SSSR count). The van der Waals surface area contributed by atoms with E-state index in [0.29, 0.717) is 27.1 Å². The number of hydrogen-bond donors (Lipinski definition) is 0. The van der Waals surface area contributed by atoms with Gasteiger partial charge in [0, 0.05) is 16.7 Å². The number of thioether (sulfide) groups is 1. The minimum atomic E-state index is -0.642. The van der Waals surface area contributed by atoms with Crippen LogP contribution in [0.3, 0.4) is 0 Å². The van der Waals surface area contributed by atoms with Gasteiger partial charge in [-0.15, -0.1) is 0 Å². The third-order valence-corrected chi connectivity index (χ3v) is 5.03. The molecule has 1 aromatic carbocycles. The minimum absolute atomic E-state index is 0.155. The summed E-state index contributed by atoms with van der Waals surface area (Å²) >= 11 is 12.9. The second-order valence-corrected chi connectivity index (χ2v) is 7.24. The number of imide groups is 1. The number of furan rings is 1. The SMILES string of the molecule is CCOC(=O)CN1C(=O)SC(=Cc2ccc(-c3cc(Cl)ccc3Cl)o2)C1=O. The van der Waals surface area contributed by atoms with Crippen LogP contribution in [0.5, 0.6) is 0 Å². The maximum absolute atomic E-state index is 12.4. The molecule has 0 unspecified atom stereocenters. The van der Waals surface area contributed by atoms with Crippen LogP contribution in [0.1, 0.15) is 12.7 Å². The Labute approximate surface area is 169 Å². The normalized spacial score (nSPS) is 15.7. The van der Waals surface area contributed by atoms with E-state index in [-0.39, 0.29) is 11.5 Å². The summed E-state index contributed by atoms with van der Waals surface area (Å²) in [5.41, 5.74) is 0.610. The molecule has 6 nitrogen and oxygen atoms in total. The molecule has 1 fully saturated rings. The van der Waals surface area contributed by atoms with Crippen molar-refractivity contribution in [1.82, 2.24) is 4.90 Å². The van der Waals surface area contributed by atoms with E-state index in [2.05, 4.69) is 0 Å². The van der Waals surface area contributed by atoms with Gasteiger partial charge in [0.2, 0.25) is 0 Å². The third kappa shape index (κ3) is 4.37. The van der Waals surface area contributed by atoms with Gasteiger partial charge in [0.05, 0.1) is 16.5 Å². The zero-order valence-corrected chi connectivity index (χ0v) is 16.4. The third-order valence-electron chi connectivity index (χ3n) is 3.56. The van der Waals surface area contributed by atoms with Crippen LogP contribution in [0.2, 0.25) is 10.0 Å². The number of benzene rings is 1. The highest BCUT2D eigenvalue weighted by molar-refractivity contribution is 8.18. The van der Waals surface area contributed by atoms with Crippen molar-refractivity contribution in [3.63, 3.8) is 0 Å². The molecule has 1 aliphatic rings. The number of halogens is 2. The average molecular weight is 426 g/mol. The molecule has 1 aliphatic heterocycles. The lowest BCUT2D eigenvalue weighted by Crippen LogP contribution is -2.34. The molecule has 1 aromatic heterocycles. The van der Waals surface area contributed by atoms with E-state index < -0.39 is 23.7 Å². The maximum atomic E-state index is 12.4. The molecule has 0 radical (unpaired) electrons. The van der Waals surface area contributed by atoms with Crippen molar-refractivity contribution in [3.05, 3.63) is 51.0 Å². The van der Waals surface area contributed by atoms with Gasteiger partial charge < -0.3 is 9.15 Å². The highest BCUT2D eigenvalue weighted by atomic mass is 35.5. The zero-order chi connectivity index (χ0) is 19.6. The van der Waals surface area contributed by atoms with Crippen molar-refractivity contribution >= 4 is 58.2 Å². The quantitative estimate of drug-likeness (QED) is 0.503. The number of ether oxygens (including phenoxy) is 1. The molecule has 1 saturated heterocycles. The summed E-state index contributed by atoms with van der Waals surface area (Å²) in [7, 11) is 0. The van der Waals surface area contributed by atoms with Gasteiger partial charge in [0.15, 0.2) is 0 Å². The minimum Gasteiger partial charge on any atom is -0.465 e. The Hall–Kier alpha value is -2.22. The van der Waals surface area contributed by atoms with Gasteiger partial charge in [-0.3, -0.25) is 19.3 Å². The van der Waals surface area contributed by atoms with E-state index in [9.17, 15) is 14.4 Å². The second-order valence-electron chi connectivity index (χ2n) is 5.40. The highest BCUT2D eigenvalue weighted by Gasteiger charge is 2.36. The lowest BCUT2D eigenvalue weighted by Gasteiger charge is -2.10. The summed E-state index contributed by atoms with van der Waals surface area (Å²) in [4.78, 5) is 36.9. The average Bonchev–Trinajstić information content (AvgIpc) is 3.18. The van der Waals surface area contributed by atoms with Gasteiger partial charge in [-0.2, -0.15) is 0 Å². The monoisotopic (exact) mass is 425 g/mol. The molecule has 0 bridgehead atoms. The van der Waals surface area contributed by atoms with Gasteiger partial charge in [-0.25, -0.2) is 0 Å². The predicted octanol–water partition coefficient (Wildman–Crippen LogP) is 4.85. The first-order valence-electron chi connectivity index (χ1n) is 7.85. The summed E-state index contributed by atoms with van der Waals surface area (Å²) in [6.07, 6.45) is 1.44. The van der Waals surface area contributed by atoms with Gasteiger partial charge in [-0.05, 0) is 49.0 Å². The van der Waals surface area contributed by atoms with Gasteiger partial charge in [0.1, 0.15) is 18.1 Å². The van der Waals surface area contributed by atoms with Gasteiger partial charge >= 0.3 is 5.97 Å². The number of rotatable bonds is 5. The fourth-order valence-corrected chi connectivity index (χ4v) is 3.56. The van der Waals surface area contributed by atoms with E-state index in [1.54, 1.807) is 37.3 Å². The van der Waals surface area contributed by atoms with E-state index in [1.807, 2.05) is 0 Å². The van der Waals surface area contributed by atoms with Crippen molar-refractivity contribution in [2.24, 2.45) is 0 Å². The predicted molar refractivity (Wildman–Crippen MR) is 103 cm³/mol. The van der Waals surface area contributed by atoms with Crippen molar-refractivity contribution in [2.75, 3.05) is 13.2 Å². The van der Waals surface area contributed by atoms with E-state index >= 15 is 0 Å². The van der Waals surface area contributed by atoms with Crippen LogP contribution in [0.4, 0.5) is 4.79 Å². The van der Waals surface area contributed by atoms with Crippen LogP contribution in [-0.4, -0.2) is 35.2 Å². The zero-order valence-electron chi connectivity index (χ0n) is 14.0. The highest BCUT2D eigenvalue weighted by Crippen LogP contribution is 2.35. The van der Waals surface area contributed by atoms with Gasteiger partial charge in [-0.1, -0.05) is 23.2 Å². The van der Waals surface area contributed by atoms with E-state index in [4.69, 9.17) is 32.4 Å². The molecule has 2 aromatic rings. The maximum Gasteiger partial charge on any atom is 0.326 e. The van der Waals surface area contributed by atoms with Crippen LogP contribution in [0, 0.1) is 0 Å². The molecule has 0 saturated carbocycles. The van der Waals surface area contributed by atoms with Crippen LogP contribution in [0.15, 0.2) is 39.7 Å². The molecular weight excluding hydrogens is 413 g/mol. The Morgan fingerprint density at radius 3 is 2.78 bits per heavy atom. The number of amides is 2. The van der Waals surface area contributed by atoms with Gasteiger partial charge in [0.25, 0.3) is 11.1 Å². The first-order valence-corrected chi connectivity index (χ1v) is 9.42. The summed E-state index contributed by atoms with van der Waals surface area (Å²) in [5.74, 6) is -0.379. The smallest absolute Gasteiger partial charge is 0.326 e. The van der Waals surface area contributed by atoms with Crippen molar-refractivity contribution < 1.29 is 23.5 Å². The molecule has 27 heavy (non-hydrogen) atoms. The number of esters is 1. The summed E-state index contributed by atoms with van der Waals surface area (Å²) in [6, 6.07) is 8.32. The molecular formula is C18H13Cl2NO5S. The molecule has 0 spiro atoms. The van der Waals surface area contributed by atoms with Crippen LogP contribution >= 0.6 is 35.0 Å². The largest absolute Gasteiger partial charge is 0.465 e. The molecule has 2 heterocycles. The first kappa shape index (κ1) is 19.5. The standard InChI is InChI=1S/C18H13Cl2NO5S/c1-2-25-16(22)9-21-17(23)15(27-18(21)24)8-11-4-6-14(26-11)12-7-10(19)3-5-13(12)20/h3-8H,2,9H2,1H3. The molecule has 0 atom stereocenters.